The first-order valence-corrected chi connectivity index (χ1v) is 6.97. The van der Waals surface area contributed by atoms with Gasteiger partial charge in [0.1, 0.15) is 12.4 Å². The summed E-state index contributed by atoms with van der Waals surface area (Å²) in [7, 11) is 1.96. The molecule has 0 aliphatic carbocycles. The number of halogens is 1. The van der Waals surface area contributed by atoms with Crippen LogP contribution in [0.5, 0.6) is 5.75 Å². The molecule has 0 aliphatic rings. The van der Waals surface area contributed by atoms with Gasteiger partial charge in [-0.2, -0.15) is 0 Å². The van der Waals surface area contributed by atoms with Gasteiger partial charge in [0.25, 0.3) is 0 Å². The summed E-state index contributed by atoms with van der Waals surface area (Å²) in [5.41, 5.74) is 2.51. The molecule has 0 unspecified atom stereocenters. The van der Waals surface area contributed by atoms with Crippen LogP contribution < -0.4 is 10.1 Å². The maximum atomic E-state index is 5.83. The standard InChI is InChI=1S/C15H16INO/c1-17-10-12-5-2-3-6-13(12)11-18-15-8-4-7-14(16)9-15/h2-9,17H,10-11H2,1H3. The fourth-order valence-electron chi connectivity index (χ4n) is 1.78. The van der Waals surface area contributed by atoms with Gasteiger partial charge in [-0.1, -0.05) is 30.3 Å². The van der Waals surface area contributed by atoms with Gasteiger partial charge in [-0.05, 0) is 59.0 Å². The van der Waals surface area contributed by atoms with Crippen LogP contribution in [0.3, 0.4) is 0 Å². The molecule has 18 heavy (non-hydrogen) atoms. The third-order valence-electron chi connectivity index (χ3n) is 2.68. The highest BCUT2D eigenvalue weighted by atomic mass is 127. The summed E-state index contributed by atoms with van der Waals surface area (Å²) in [6, 6.07) is 16.4. The molecule has 94 valence electrons. The Morgan fingerprint density at radius 3 is 2.56 bits per heavy atom. The summed E-state index contributed by atoms with van der Waals surface area (Å²) in [6.07, 6.45) is 0. The lowest BCUT2D eigenvalue weighted by molar-refractivity contribution is 0.304. The van der Waals surface area contributed by atoms with E-state index in [2.05, 4.69) is 52.2 Å². The number of rotatable bonds is 5. The van der Waals surface area contributed by atoms with E-state index < -0.39 is 0 Å². The Kier molecular flexibility index (Phi) is 5.01. The minimum absolute atomic E-state index is 0.609. The van der Waals surface area contributed by atoms with Crippen molar-refractivity contribution in [2.75, 3.05) is 7.05 Å². The Morgan fingerprint density at radius 2 is 1.83 bits per heavy atom. The summed E-state index contributed by atoms with van der Waals surface area (Å²) in [5, 5.41) is 3.17. The van der Waals surface area contributed by atoms with Crippen LogP contribution in [0.4, 0.5) is 0 Å². The summed E-state index contributed by atoms with van der Waals surface area (Å²) >= 11 is 2.29. The van der Waals surface area contributed by atoms with Gasteiger partial charge >= 0.3 is 0 Å². The molecule has 3 heteroatoms. The molecule has 1 N–H and O–H groups in total. The zero-order valence-electron chi connectivity index (χ0n) is 10.3. The first kappa shape index (κ1) is 13.4. The van der Waals surface area contributed by atoms with E-state index in [1.165, 1.54) is 14.7 Å². The van der Waals surface area contributed by atoms with Gasteiger partial charge in [0.2, 0.25) is 0 Å². The molecule has 2 aromatic rings. The molecule has 0 bridgehead atoms. The maximum Gasteiger partial charge on any atom is 0.120 e. The molecule has 0 fully saturated rings. The molecule has 0 amide bonds. The van der Waals surface area contributed by atoms with E-state index in [0.717, 1.165) is 12.3 Å². The van der Waals surface area contributed by atoms with Gasteiger partial charge < -0.3 is 10.1 Å². The fraction of sp³-hybridized carbons (Fsp3) is 0.200. The van der Waals surface area contributed by atoms with Crippen molar-refractivity contribution in [3.8, 4) is 5.75 Å². The zero-order chi connectivity index (χ0) is 12.8. The predicted molar refractivity (Wildman–Crippen MR) is 82.7 cm³/mol. The van der Waals surface area contributed by atoms with E-state index in [1.54, 1.807) is 0 Å². The molecule has 0 saturated heterocycles. The predicted octanol–water partition coefficient (Wildman–Crippen LogP) is 3.59. The minimum atomic E-state index is 0.609. The van der Waals surface area contributed by atoms with Crippen LogP contribution in [-0.2, 0) is 13.2 Å². The third kappa shape index (κ3) is 3.71. The van der Waals surface area contributed by atoms with Crippen LogP contribution in [0.2, 0.25) is 0 Å². The van der Waals surface area contributed by atoms with E-state index in [1.807, 2.05) is 31.3 Å². The molecular weight excluding hydrogens is 337 g/mol. The minimum Gasteiger partial charge on any atom is -0.489 e. The lowest BCUT2D eigenvalue weighted by Crippen LogP contribution is -2.09. The third-order valence-corrected chi connectivity index (χ3v) is 3.35. The molecule has 0 heterocycles. The number of hydrogen-bond acceptors (Lipinski definition) is 2. The summed E-state index contributed by atoms with van der Waals surface area (Å²) in [6.45, 7) is 1.48. The van der Waals surface area contributed by atoms with Crippen molar-refractivity contribution < 1.29 is 4.74 Å². The zero-order valence-corrected chi connectivity index (χ0v) is 12.5. The molecule has 0 aromatic heterocycles. The van der Waals surface area contributed by atoms with Gasteiger partial charge in [0.05, 0.1) is 0 Å². The highest BCUT2D eigenvalue weighted by Crippen LogP contribution is 2.17. The van der Waals surface area contributed by atoms with Crippen LogP contribution >= 0.6 is 22.6 Å². The molecular formula is C15H16INO. The van der Waals surface area contributed by atoms with Gasteiger partial charge in [-0.15, -0.1) is 0 Å². The normalized spacial score (nSPS) is 10.3. The first-order chi connectivity index (χ1) is 8.79. The monoisotopic (exact) mass is 353 g/mol. The summed E-state index contributed by atoms with van der Waals surface area (Å²) in [5.74, 6) is 0.918. The van der Waals surface area contributed by atoms with Crippen LogP contribution in [0, 0.1) is 3.57 Å². The molecule has 0 spiro atoms. The number of ether oxygens (including phenoxy) is 1. The van der Waals surface area contributed by atoms with Crippen LogP contribution in [0.25, 0.3) is 0 Å². The maximum absolute atomic E-state index is 5.83. The number of benzene rings is 2. The van der Waals surface area contributed by atoms with E-state index in [9.17, 15) is 0 Å². The second kappa shape index (κ2) is 6.75. The fourth-order valence-corrected chi connectivity index (χ4v) is 2.29. The van der Waals surface area contributed by atoms with Crippen LogP contribution in [0.15, 0.2) is 48.5 Å². The SMILES string of the molecule is CNCc1ccccc1COc1cccc(I)c1. The second-order valence-electron chi connectivity index (χ2n) is 4.05. The van der Waals surface area contributed by atoms with Crippen LogP contribution in [-0.4, -0.2) is 7.05 Å². The molecule has 0 radical (unpaired) electrons. The smallest absolute Gasteiger partial charge is 0.120 e. The summed E-state index contributed by atoms with van der Waals surface area (Å²) in [4.78, 5) is 0. The average Bonchev–Trinajstić information content (AvgIpc) is 2.38. The molecule has 2 rings (SSSR count). The average molecular weight is 353 g/mol. The lowest BCUT2D eigenvalue weighted by Gasteiger charge is -2.11. The number of hydrogen-bond donors (Lipinski definition) is 1. The van der Waals surface area contributed by atoms with E-state index in [4.69, 9.17) is 4.74 Å². The highest BCUT2D eigenvalue weighted by molar-refractivity contribution is 14.1. The van der Waals surface area contributed by atoms with E-state index in [0.29, 0.717) is 6.61 Å². The van der Waals surface area contributed by atoms with Gasteiger partial charge in [0.15, 0.2) is 0 Å². The van der Waals surface area contributed by atoms with Gasteiger partial charge in [0, 0.05) is 10.1 Å². The molecule has 2 nitrogen and oxygen atoms in total. The Bertz CT molecular complexity index is 513. The Balaban J connectivity index is 2.06. The molecule has 0 saturated carbocycles. The van der Waals surface area contributed by atoms with Crippen molar-refractivity contribution in [2.24, 2.45) is 0 Å². The van der Waals surface area contributed by atoms with Gasteiger partial charge in [-0.3, -0.25) is 0 Å². The quantitative estimate of drug-likeness (QED) is 0.830. The first-order valence-electron chi connectivity index (χ1n) is 5.89. The molecule has 0 aliphatic heterocycles. The highest BCUT2D eigenvalue weighted by Gasteiger charge is 2.02. The second-order valence-corrected chi connectivity index (χ2v) is 5.29. The van der Waals surface area contributed by atoms with Crippen LogP contribution in [0.1, 0.15) is 11.1 Å². The van der Waals surface area contributed by atoms with Crippen molar-refractivity contribution in [1.29, 1.82) is 0 Å². The lowest BCUT2D eigenvalue weighted by atomic mass is 10.1. The van der Waals surface area contributed by atoms with Crippen molar-refractivity contribution in [2.45, 2.75) is 13.2 Å². The Hall–Kier alpha value is -1.07. The van der Waals surface area contributed by atoms with E-state index >= 15 is 0 Å². The largest absolute Gasteiger partial charge is 0.489 e. The van der Waals surface area contributed by atoms with Crippen molar-refractivity contribution in [3.05, 3.63) is 63.2 Å². The Labute approximate surface area is 122 Å². The molecule has 2 aromatic carbocycles. The number of nitrogens with one attached hydrogen (secondary N) is 1. The van der Waals surface area contributed by atoms with E-state index in [-0.39, 0.29) is 0 Å². The van der Waals surface area contributed by atoms with Gasteiger partial charge in [-0.25, -0.2) is 0 Å². The van der Waals surface area contributed by atoms with Crippen molar-refractivity contribution in [1.82, 2.24) is 5.32 Å². The molecule has 0 atom stereocenters. The topological polar surface area (TPSA) is 21.3 Å². The van der Waals surface area contributed by atoms with Crippen molar-refractivity contribution >= 4 is 22.6 Å². The summed E-state index contributed by atoms with van der Waals surface area (Å²) < 4.78 is 7.02. The van der Waals surface area contributed by atoms with Crippen molar-refractivity contribution in [3.63, 3.8) is 0 Å². The Morgan fingerprint density at radius 1 is 1.06 bits per heavy atom.